The van der Waals surface area contributed by atoms with Crippen molar-refractivity contribution in [2.45, 2.75) is 44.6 Å². The molecule has 1 unspecified atom stereocenters. The van der Waals surface area contributed by atoms with Crippen molar-refractivity contribution in [2.24, 2.45) is 10.8 Å². The second-order valence-electron chi connectivity index (χ2n) is 7.36. The Hall–Kier alpha value is -1.75. The molecule has 4 aliphatic rings. The highest BCUT2D eigenvalue weighted by Crippen LogP contribution is 2.57. The van der Waals surface area contributed by atoms with Crippen LogP contribution in [0.2, 0.25) is 5.02 Å². The van der Waals surface area contributed by atoms with Crippen LogP contribution >= 0.6 is 11.6 Å². The molecular weight excluding hydrogens is 330 g/mol. The maximum absolute atomic E-state index is 13.0. The third-order valence-corrected chi connectivity index (χ3v) is 6.55. The van der Waals surface area contributed by atoms with Crippen LogP contribution in [0, 0.1) is 10.8 Å². The molecule has 0 spiro atoms. The van der Waals surface area contributed by atoms with Crippen LogP contribution in [0.5, 0.6) is 5.75 Å². The molecule has 1 amide bonds. The molecule has 1 heterocycles. The number of fused-ring (bicyclic) bond motifs is 4. The summed E-state index contributed by atoms with van der Waals surface area (Å²) in [6.07, 6.45) is 3.75. The molecule has 6 heteroatoms. The quantitative estimate of drug-likeness (QED) is 0.877. The first-order valence-corrected chi connectivity index (χ1v) is 8.79. The second-order valence-corrected chi connectivity index (χ2v) is 7.77. The number of carbonyl (C=O) groups is 2. The molecule has 0 radical (unpaired) electrons. The van der Waals surface area contributed by atoms with E-state index < -0.39 is 16.8 Å². The van der Waals surface area contributed by atoms with E-state index in [1.54, 1.807) is 6.07 Å². The number of para-hydroxylation sites is 1. The normalized spacial score (nSPS) is 33.6. The standard InChI is InChI=1S/C18H20ClNO4/c19-12-3-1-2-11-13(10-24-14(11)12)20-15(21)17-4-7-18(8-5-17,9-6-17)16(22)23/h1-3,13H,4-10H2,(H,20,21)(H,22,23). The molecule has 0 saturated heterocycles. The predicted octanol–water partition coefficient (Wildman–Crippen LogP) is 3.31. The van der Waals surface area contributed by atoms with E-state index in [2.05, 4.69) is 5.32 Å². The summed E-state index contributed by atoms with van der Waals surface area (Å²) in [5.74, 6) is -0.0225. The zero-order valence-corrected chi connectivity index (χ0v) is 14.1. The molecule has 3 fully saturated rings. The fourth-order valence-corrected chi connectivity index (χ4v) is 4.72. The molecule has 3 saturated carbocycles. The van der Waals surface area contributed by atoms with Crippen LogP contribution in [0.1, 0.15) is 50.1 Å². The lowest BCUT2D eigenvalue weighted by Crippen LogP contribution is -2.53. The first-order valence-electron chi connectivity index (χ1n) is 8.41. The van der Waals surface area contributed by atoms with Gasteiger partial charge in [-0.2, -0.15) is 0 Å². The van der Waals surface area contributed by atoms with Gasteiger partial charge in [0.15, 0.2) is 0 Å². The van der Waals surface area contributed by atoms with Crippen LogP contribution < -0.4 is 10.1 Å². The third-order valence-electron chi connectivity index (χ3n) is 6.25. The van der Waals surface area contributed by atoms with Crippen LogP contribution in [0.15, 0.2) is 18.2 Å². The fraction of sp³-hybridized carbons (Fsp3) is 0.556. The zero-order chi connectivity index (χ0) is 16.9. The van der Waals surface area contributed by atoms with Crippen molar-refractivity contribution in [3.8, 4) is 5.75 Å². The monoisotopic (exact) mass is 349 g/mol. The SMILES string of the molecule is O=C(O)C12CCC(C(=O)NC3COc4c(Cl)cccc43)(CC1)CC2. The number of hydrogen-bond donors (Lipinski definition) is 2. The van der Waals surface area contributed by atoms with Crippen LogP contribution in [0.4, 0.5) is 0 Å². The lowest BCUT2D eigenvalue weighted by atomic mass is 9.53. The van der Waals surface area contributed by atoms with Crippen molar-refractivity contribution in [1.29, 1.82) is 0 Å². The number of benzene rings is 1. The summed E-state index contributed by atoms with van der Waals surface area (Å²) in [4.78, 5) is 24.5. The molecule has 3 aliphatic carbocycles. The van der Waals surface area contributed by atoms with Crippen molar-refractivity contribution in [2.75, 3.05) is 6.61 Å². The summed E-state index contributed by atoms with van der Waals surface area (Å²) in [6, 6.07) is 5.37. The number of halogens is 1. The zero-order valence-electron chi connectivity index (χ0n) is 13.3. The van der Waals surface area contributed by atoms with Gasteiger partial charge in [-0.1, -0.05) is 23.7 Å². The van der Waals surface area contributed by atoms with Gasteiger partial charge < -0.3 is 15.2 Å². The summed E-state index contributed by atoms with van der Waals surface area (Å²) >= 11 is 6.13. The van der Waals surface area contributed by atoms with E-state index in [1.165, 1.54) is 0 Å². The summed E-state index contributed by atoms with van der Waals surface area (Å²) in [7, 11) is 0. The molecule has 5 nitrogen and oxygen atoms in total. The fourth-order valence-electron chi connectivity index (χ4n) is 4.49. The van der Waals surface area contributed by atoms with E-state index in [-0.39, 0.29) is 11.9 Å². The molecule has 1 atom stereocenters. The van der Waals surface area contributed by atoms with E-state index in [0.29, 0.717) is 55.9 Å². The highest BCUT2D eigenvalue weighted by atomic mass is 35.5. The van der Waals surface area contributed by atoms with Crippen molar-refractivity contribution >= 4 is 23.5 Å². The number of carbonyl (C=O) groups excluding carboxylic acids is 1. The van der Waals surface area contributed by atoms with E-state index >= 15 is 0 Å². The number of aliphatic carboxylic acids is 1. The molecule has 5 rings (SSSR count). The van der Waals surface area contributed by atoms with E-state index in [9.17, 15) is 14.7 Å². The van der Waals surface area contributed by atoms with Gasteiger partial charge >= 0.3 is 5.97 Å². The Kier molecular flexibility index (Phi) is 3.53. The number of carboxylic acids is 1. The van der Waals surface area contributed by atoms with Crippen molar-refractivity contribution in [3.05, 3.63) is 28.8 Å². The van der Waals surface area contributed by atoms with Gasteiger partial charge in [0.25, 0.3) is 0 Å². The highest BCUT2D eigenvalue weighted by Gasteiger charge is 2.55. The minimum Gasteiger partial charge on any atom is -0.489 e. The van der Waals surface area contributed by atoms with Crippen molar-refractivity contribution < 1.29 is 19.4 Å². The van der Waals surface area contributed by atoms with Gasteiger partial charge in [-0.05, 0) is 44.6 Å². The Bertz CT molecular complexity index is 692. The van der Waals surface area contributed by atoms with Gasteiger partial charge in [0.05, 0.1) is 16.5 Å². The Labute approximate surface area is 145 Å². The van der Waals surface area contributed by atoms with E-state index in [4.69, 9.17) is 16.3 Å². The van der Waals surface area contributed by atoms with Gasteiger partial charge in [-0.3, -0.25) is 9.59 Å². The molecule has 0 aromatic heterocycles. The largest absolute Gasteiger partial charge is 0.489 e. The van der Waals surface area contributed by atoms with Crippen LogP contribution in [0.3, 0.4) is 0 Å². The Morgan fingerprint density at radius 2 is 1.75 bits per heavy atom. The first kappa shape index (κ1) is 15.8. The van der Waals surface area contributed by atoms with Crippen LogP contribution in [-0.2, 0) is 9.59 Å². The Morgan fingerprint density at radius 3 is 2.38 bits per heavy atom. The summed E-state index contributed by atoms with van der Waals surface area (Å²) in [5, 5.41) is 13.2. The molecule has 1 aliphatic heterocycles. The minimum absolute atomic E-state index is 0.0302. The van der Waals surface area contributed by atoms with Gasteiger partial charge in [-0.25, -0.2) is 0 Å². The number of amides is 1. The number of ether oxygens (including phenoxy) is 1. The second kappa shape index (κ2) is 5.38. The maximum atomic E-state index is 13.0. The number of hydrogen-bond acceptors (Lipinski definition) is 3. The highest BCUT2D eigenvalue weighted by molar-refractivity contribution is 6.32. The lowest BCUT2D eigenvalue weighted by molar-refractivity contribution is -0.163. The van der Waals surface area contributed by atoms with E-state index in [0.717, 1.165) is 5.56 Å². The molecule has 2 N–H and O–H groups in total. The molecule has 2 bridgehead atoms. The lowest BCUT2D eigenvalue weighted by Gasteiger charge is -2.50. The molecule has 1 aromatic carbocycles. The molecule has 24 heavy (non-hydrogen) atoms. The number of nitrogens with one attached hydrogen (secondary N) is 1. The average molecular weight is 350 g/mol. The maximum Gasteiger partial charge on any atom is 0.309 e. The van der Waals surface area contributed by atoms with E-state index in [1.807, 2.05) is 12.1 Å². The number of rotatable bonds is 3. The summed E-state index contributed by atoms with van der Waals surface area (Å²) < 4.78 is 5.63. The molecule has 1 aromatic rings. The van der Waals surface area contributed by atoms with Crippen LogP contribution in [-0.4, -0.2) is 23.6 Å². The van der Waals surface area contributed by atoms with Gasteiger partial charge in [0.1, 0.15) is 12.4 Å². The molecular formula is C18H20ClNO4. The summed E-state index contributed by atoms with van der Waals surface area (Å²) in [5.41, 5.74) is -0.101. The molecule has 128 valence electrons. The smallest absolute Gasteiger partial charge is 0.309 e. The van der Waals surface area contributed by atoms with Gasteiger partial charge in [0.2, 0.25) is 5.91 Å². The third kappa shape index (κ3) is 2.21. The summed E-state index contributed by atoms with van der Waals surface area (Å²) in [6.45, 7) is 0.389. The topological polar surface area (TPSA) is 75.6 Å². The number of carboxylic acid groups (broad SMARTS) is 1. The Balaban J connectivity index is 1.49. The van der Waals surface area contributed by atoms with Crippen molar-refractivity contribution in [1.82, 2.24) is 5.32 Å². The Morgan fingerprint density at radius 1 is 1.12 bits per heavy atom. The average Bonchev–Trinajstić information content (AvgIpc) is 3.01. The first-order chi connectivity index (χ1) is 11.5. The van der Waals surface area contributed by atoms with Gasteiger partial charge in [-0.15, -0.1) is 0 Å². The minimum atomic E-state index is -0.705. The van der Waals surface area contributed by atoms with Crippen molar-refractivity contribution in [3.63, 3.8) is 0 Å². The van der Waals surface area contributed by atoms with Gasteiger partial charge in [0, 0.05) is 11.0 Å². The predicted molar refractivity (Wildman–Crippen MR) is 88.0 cm³/mol. The van der Waals surface area contributed by atoms with Crippen LogP contribution in [0.25, 0.3) is 0 Å².